The highest BCUT2D eigenvalue weighted by Gasteiger charge is 2.18. The minimum Gasteiger partial charge on any atom is -0.344 e. The zero-order valence-corrected chi connectivity index (χ0v) is 12.2. The van der Waals surface area contributed by atoms with E-state index in [1.54, 1.807) is 0 Å². The molecule has 1 N–H and O–H groups in total. The Balaban J connectivity index is 2.00. The van der Waals surface area contributed by atoms with E-state index in [2.05, 4.69) is 12.2 Å². The average Bonchev–Trinajstić information content (AvgIpc) is 2.86. The Morgan fingerprint density at radius 3 is 2.61 bits per heavy atom. The SMILES string of the molecule is CCCCCCCCC(=O)N(C)CC1CCCN1. The van der Waals surface area contributed by atoms with Crippen molar-refractivity contribution in [3.05, 3.63) is 0 Å². The van der Waals surface area contributed by atoms with Crippen molar-refractivity contribution in [1.29, 1.82) is 0 Å². The van der Waals surface area contributed by atoms with Gasteiger partial charge in [0, 0.05) is 26.1 Å². The number of unbranched alkanes of at least 4 members (excludes halogenated alkanes) is 5. The van der Waals surface area contributed by atoms with Crippen LogP contribution < -0.4 is 5.32 Å². The molecule has 1 aliphatic rings. The number of amides is 1. The number of hydrogen-bond acceptors (Lipinski definition) is 2. The molecule has 106 valence electrons. The fourth-order valence-corrected chi connectivity index (χ4v) is 2.59. The van der Waals surface area contributed by atoms with Gasteiger partial charge >= 0.3 is 0 Å². The van der Waals surface area contributed by atoms with Crippen molar-refractivity contribution in [2.24, 2.45) is 0 Å². The molecule has 0 aromatic rings. The summed E-state index contributed by atoms with van der Waals surface area (Å²) in [6, 6.07) is 0.531. The van der Waals surface area contributed by atoms with Crippen molar-refractivity contribution in [2.75, 3.05) is 20.1 Å². The lowest BCUT2D eigenvalue weighted by molar-refractivity contribution is -0.130. The van der Waals surface area contributed by atoms with Crippen molar-refractivity contribution < 1.29 is 4.79 Å². The molecule has 0 saturated carbocycles. The Morgan fingerprint density at radius 2 is 1.94 bits per heavy atom. The third-order valence-electron chi connectivity index (χ3n) is 3.83. The van der Waals surface area contributed by atoms with Gasteiger partial charge in [0.05, 0.1) is 0 Å². The molecule has 1 amide bonds. The maximum Gasteiger partial charge on any atom is 0.222 e. The van der Waals surface area contributed by atoms with Gasteiger partial charge in [-0.25, -0.2) is 0 Å². The van der Waals surface area contributed by atoms with E-state index in [4.69, 9.17) is 0 Å². The monoisotopic (exact) mass is 254 g/mol. The molecule has 1 aliphatic heterocycles. The molecule has 3 nitrogen and oxygen atoms in total. The van der Waals surface area contributed by atoms with Crippen LogP contribution in [0.25, 0.3) is 0 Å². The smallest absolute Gasteiger partial charge is 0.222 e. The van der Waals surface area contributed by atoms with Gasteiger partial charge in [-0.2, -0.15) is 0 Å². The lowest BCUT2D eigenvalue weighted by Gasteiger charge is -2.21. The minimum atomic E-state index is 0.319. The summed E-state index contributed by atoms with van der Waals surface area (Å²) >= 11 is 0. The summed E-state index contributed by atoms with van der Waals surface area (Å²) in [6.07, 6.45) is 10.7. The van der Waals surface area contributed by atoms with E-state index >= 15 is 0 Å². The number of hydrogen-bond donors (Lipinski definition) is 1. The summed E-state index contributed by atoms with van der Waals surface area (Å²) in [7, 11) is 1.94. The predicted octanol–water partition coefficient (Wildman–Crippen LogP) is 2.95. The van der Waals surface area contributed by atoms with E-state index in [-0.39, 0.29) is 0 Å². The molecule has 3 heteroatoms. The van der Waals surface area contributed by atoms with Gasteiger partial charge in [0.25, 0.3) is 0 Å². The van der Waals surface area contributed by atoms with E-state index in [9.17, 15) is 4.79 Å². The second-order valence-corrected chi connectivity index (χ2v) is 5.59. The summed E-state index contributed by atoms with van der Waals surface area (Å²) in [5, 5.41) is 3.44. The van der Waals surface area contributed by atoms with Gasteiger partial charge in [0.15, 0.2) is 0 Å². The van der Waals surface area contributed by atoms with Crippen molar-refractivity contribution in [2.45, 2.75) is 70.8 Å². The number of nitrogens with zero attached hydrogens (tertiary/aromatic N) is 1. The molecule has 0 bridgehead atoms. The summed E-state index contributed by atoms with van der Waals surface area (Å²) in [5.41, 5.74) is 0. The van der Waals surface area contributed by atoms with Gasteiger partial charge in [-0.3, -0.25) is 4.79 Å². The standard InChI is InChI=1S/C15H30N2O/c1-3-4-5-6-7-8-11-15(18)17(2)13-14-10-9-12-16-14/h14,16H,3-13H2,1-2H3. The van der Waals surface area contributed by atoms with Crippen LogP contribution in [0.2, 0.25) is 0 Å². The van der Waals surface area contributed by atoms with Crippen molar-refractivity contribution in [1.82, 2.24) is 10.2 Å². The zero-order chi connectivity index (χ0) is 13.2. The van der Waals surface area contributed by atoms with Crippen LogP contribution in [0.1, 0.15) is 64.7 Å². The van der Waals surface area contributed by atoms with Gasteiger partial charge in [-0.05, 0) is 25.8 Å². The number of carbonyl (C=O) groups is 1. The molecule has 1 heterocycles. The van der Waals surface area contributed by atoms with E-state index in [0.717, 1.165) is 25.9 Å². The van der Waals surface area contributed by atoms with E-state index in [1.807, 2.05) is 11.9 Å². The molecule has 0 aromatic carbocycles. The van der Waals surface area contributed by atoms with Crippen molar-refractivity contribution in [3.8, 4) is 0 Å². The van der Waals surface area contributed by atoms with Crippen molar-refractivity contribution >= 4 is 5.91 Å². The molecule has 18 heavy (non-hydrogen) atoms. The van der Waals surface area contributed by atoms with Gasteiger partial charge in [0.1, 0.15) is 0 Å². The predicted molar refractivity (Wildman–Crippen MR) is 76.7 cm³/mol. The van der Waals surface area contributed by atoms with Gasteiger partial charge in [-0.15, -0.1) is 0 Å². The van der Waals surface area contributed by atoms with Crippen LogP contribution in [0.4, 0.5) is 0 Å². The van der Waals surface area contributed by atoms with Gasteiger partial charge < -0.3 is 10.2 Å². The van der Waals surface area contributed by atoms with Crippen LogP contribution in [0.5, 0.6) is 0 Å². The highest BCUT2D eigenvalue weighted by Crippen LogP contribution is 2.10. The molecule has 0 spiro atoms. The number of likely N-dealkylation sites (N-methyl/N-ethyl adjacent to an activating group) is 1. The first kappa shape index (κ1) is 15.5. The number of rotatable bonds is 9. The highest BCUT2D eigenvalue weighted by atomic mass is 16.2. The second-order valence-electron chi connectivity index (χ2n) is 5.59. The molecule has 1 atom stereocenters. The highest BCUT2D eigenvalue weighted by molar-refractivity contribution is 5.75. The van der Waals surface area contributed by atoms with Crippen LogP contribution in [-0.2, 0) is 4.79 Å². The van der Waals surface area contributed by atoms with E-state index < -0.39 is 0 Å². The maximum absolute atomic E-state index is 11.9. The molecule has 0 radical (unpaired) electrons. The Morgan fingerprint density at radius 1 is 1.22 bits per heavy atom. The van der Waals surface area contributed by atoms with Gasteiger partial charge in [0.2, 0.25) is 5.91 Å². The quantitative estimate of drug-likeness (QED) is 0.642. The van der Waals surface area contributed by atoms with Crippen LogP contribution in [0, 0.1) is 0 Å². The lowest BCUT2D eigenvalue weighted by Crippen LogP contribution is -2.38. The summed E-state index contributed by atoms with van der Waals surface area (Å²) in [5.74, 6) is 0.319. The largest absolute Gasteiger partial charge is 0.344 e. The minimum absolute atomic E-state index is 0.319. The fraction of sp³-hybridized carbons (Fsp3) is 0.933. The molecule has 1 saturated heterocycles. The lowest BCUT2D eigenvalue weighted by atomic mass is 10.1. The summed E-state index contributed by atoms with van der Waals surface area (Å²) in [4.78, 5) is 13.8. The Kier molecular flexibility index (Phi) is 8.06. The first-order valence-corrected chi connectivity index (χ1v) is 7.71. The van der Waals surface area contributed by atoms with Crippen LogP contribution in [0.3, 0.4) is 0 Å². The zero-order valence-electron chi connectivity index (χ0n) is 12.2. The molecular formula is C15H30N2O. The Labute approximate surface area is 112 Å². The van der Waals surface area contributed by atoms with Gasteiger partial charge in [-0.1, -0.05) is 39.0 Å². The summed E-state index contributed by atoms with van der Waals surface area (Å²) in [6.45, 7) is 4.23. The third kappa shape index (κ3) is 6.39. The number of carbonyl (C=O) groups excluding carboxylic acids is 1. The molecule has 0 aromatic heterocycles. The molecule has 1 unspecified atom stereocenters. The Bertz CT molecular complexity index is 225. The maximum atomic E-state index is 11.9. The average molecular weight is 254 g/mol. The van der Waals surface area contributed by atoms with Crippen molar-refractivity contribution in [3.63, 3.8) is 0 Å². The Hall–Kier alpha value is -0.570. The molecule has 1 rings (SSSR count). The fourth-order valence-electron chi connectivity index (χ4n) is 2.59. The molecule has 0 aliphatic carbocycles. The second kappa shape index (κ2) is 9.37. The molecule has 1 fully saturated rings. The van der Waals surface area contributed by atoms with E-state index in [0.29, 0.717) is 11.9 Å². The molecular weight excluding hydrogens is 224 g/mol. The summed E-state index contributed by atoms with van der Waals surface area (Å²) < 4.78 is 0. The normalized spacial score (nSPS) is 19.1. The first-order valence-electron chi connectivity index (χ1n) is 7.71. The van der Waals surface area contributed by atoms with Crippen LogP contribution >= 0.6 is 0 Å². The van der Waals surface area contributed by atoms with Crippen LogP contribution in [0.15, 0.2) is 0 Å². The van der Waals surface area contributed by atoms with E-state index in [1.165, 1.54) is 44.9 Å². The third-order valence-corrected chi connectivity index (χ3v) is 3.83. The van der Waals surface area contributed by atoms with Crippen LogP contribution in [-0.4, -0.2) is 37.0 Å². The first-order chi connectivity index (χ1) is 8.74. The topological polar surface area (TPSA) is 32.3 Å². The number of nitrogens with one attached hydrogen (secondary N) is 1.